The van der Waals surface area contributed by atoms with Crippen molar-refractivity contribution < 1.29 is 4.79 Å². The first-order valence-electron chi connectivity index (χ1n) is 6.41. The third-order valence-electron chi connectivity index (χ3n) is 3.69. The van der Waals surface area contributed by atoms with Gasteiger partial charge in [0, 0.05) is 25.2 Å². The van der Waals surface area contributed by atoms with E-state index in [-0.39, 0.29) is 17.5 Å². The van der Waals surface area contributed by atoms with E-state index in [9.17, 15) is 9.59 Å². The molecule has 1 amide bonds. The first kappa shape index (κ1) is 12.4. The molecule has 2 aromatic rings. The molecule has 5 nitrogen and oxygen atoms in total. The molecule has 1 aromatic heterocycles. The molecule has 3 rings (SSSR count). The number of nitrogens with zero attached hydrogens (tertiary/aromatic N) is 3. The number of para-hydroxylation sites is 1. The number of carbonyl (C=O) groups is 1. The second-order valence-corrected chi connectivity index (χ2v) is 4.95. The Bertz CT molecular complexity index is 814. The van der Waals surface area contributed by atoms with Crippen molar-refractivity contribution in [1.82, 2.24) is 9.47 Å². The molecular weight excluding hydrogens is 254 g/mol. The second kappa shape index (κ2) is 4.49. The zero-order valence-corrected chi connectivity index (χ0v) is 11.1. The number of aryl methyl sites for hydroxylation is 2. The van der Waals surface area contributed by atoms with Crippen LogP contribution in [0.15, 0.2) is 29.2 Å². The highest BCUT2D eigenvalue weighted by molar-refractivity contribution is 5.98. The van der Waals surface area contributed by atoms with Crippen LogP contribution in [0.1, 0.15) is 15.9 Å². The molecule has 1 aliphatic rings. The quantitative estimate of drug-likeness (QED) is 0.767. The predicted molar refractivity (Wildman–Crippen MR) is 74.5 cm³/mol. The van der Waals surface area contributed by atoms with Crippen molar-refractivity contribution in [2.45, 2.75) is 13.0 Å². The minimum absolute atomic E-state index is 0.0314. The number of carbonyl (C=O) groups excluding carboxylic acids is 1. The lowest BCUT2D eigenvalue weighted by atomic mass is 10.1. The summed E-state index contributed by atoms with van der Waals surface area (Å²) in [5.41, 5.74) is 1.95. The molecule has 100 valence electrons. The first-order valence-corrected chi connectivity index (χ1v) is 6.41. The molecule has 1 aromatic carbocycles. The van der Waals surface area contributed by atoms with Gasteiger partial charge in [0.1, 0.15) is 12.1 Å². The summed E-state index contributed by atoms with van der Waals surface area (Å²) in [6.45, 7) is 0.745. The first-order chi connectivity index (χ1) is 9.63. The van der Waals surface area contributed by atoms with Gasteiger partial charge in [-0.25, -0.2) is 0 Å². The zero-order chi connectivity index (χ0) is 14.3. The van der Waals surface area contributed by atoms with Gasteiger partial charge in [0.15, 0.2) is 0 Å². The minimum atomic E-state index is -0.403. The van der Waals surface area contributed by atoms with Crippen LogP contribution < -0.4 is 5.43 Å². The monoisotopic (exact) mass is 267 g/mol. The molecule has 0 N–H and O–H groups in total. The summed E-state index contributed by atoms with van der Waals surface area (Å²) in [7, 11) is 1.52. The zero-order valence-electron chi connectivity index (χ0n) is 11.1. The van der Waals surface area contributed by atoms with Crippen LogP contribution in [0.5, 0.6) is 0 Å². The number of pyridine rings is 1. The van der Waals surface area contributed by atoms with E-state index in [1.165, 1.54) is 11.9 Å². The summed E-state index contributed by atoms with van der Waals surface area (Å²) in [5, 5.41) is 9.24. The van der Waals surface area contributed by atoms with E-state index >= 15 is 0 Å². The fraction of sp³-hybridized carbons (Fsp3) is 0.267. The SMILES string of the molecule is CN(CC#N)C(=O)c1cn2c3c(cccc3c1=O)CC2. The van der Waals surface area contributed by atoms with Gasteiger partial charge in [-0.1, -0.05) is 12.1 Å². The minimum Gasteiger partial charge on any atom is -0.346 e. The summed E-state index contributed by atoms with van der Waals surface area (Å²) in [4.78, 5) is 26.0. The molecule has 5 heteroatoms. The summed E-state index contributed by atoms with van der Waals surface area (Å²) in [5.74, 6) is -0.403. The smallest absolute Gasteiger partial charge is 0.259 e. The predicted octanol–water partition coefficient (Wildman–Crippen LogP) is 1.15. The highest BCUT2D eigenvalue weighted by Crippen LogP contribution is 2.24. The Morgan fingerprint density at radius 1 is 1.50 bits per heavy atom. The molecule has 0 unspecified atom stereocenters. The van der Waals surface area contributed by atoms with Gasteiger partial charge in [-0.05, 0) is 18.1 Å². The highest BCUT2D eigenvalue weighted by Gasteiger charge is 2.22. The van der Waals surface area contributed by atoms with Crippen LogP contribution in [0.2, 0.25) is 0 Å². The van der Waals surface area contributed by atoms with Gasteiger partial charge in [0.2, 0.25) is 5.43 Å². The van der Waals surface area contributed by atoms with Crippen LogP contribution >= 0.6 is 0 Å². The average Bonchev–Trinajstić information content (AvgIpc) is 2.86. The maximum Gasteiger partial charge on any atom is 0.259 e. The fourth-order valence-electron chi connectivity index (χ4n) is 2.69. The van der Waals surface area contributed by atoms with E-state index in [4.69, 9.17) is 5.26 Å². The molecule has 0 saturated carbocycles. The van der Waals surface area contributed by atoms with E-state index in [0.717, 1.165) is 24.0 Å². The van der Waals surface area contributed by atoms with Crippen LogP contribution in [-0.2, 0) is 13.0 Å². The molecule has 0 spiro atoms. The molecule has 0 radical (unpaired) electrons. The van der Waals surface area contributed by atoms with Gasteiger partial charge < -0.3 is 9.47 Å². The molecule has 20 heavy (non-hydrogen) atoms. The normalized spacial score (nSPS) is 12.4. The van der Waals surface area contributed by atoms with E-state index < -0.39 is 5.91 Å². The standard InChI is InChI=1S/C15H13N3O2/c1-17(8-6-16)15(20)12-9-18-7-5-10-3-2-4-11(13(10)18)14(12)19/h2-4,9H,5,7-8H2,1H3. The summed E-state index contributed by atoms with van der Waals surface area (Å²) in [6, 6.07) is 7.52. The molecule has 0 saturated heterocycles. The number of nitriles is 1. The largest absolute Gasteiger partial charge is 0.346 e. The summed E-state index contributed by atoms with van der Waals surface area (Å²) in [6.07, 6.45) is 2.50. The van der Waals surface area contributed by atoms with Gasteiger partial charge >= 0.3 is 0 Å². The molecule has 0 bridgehead atoms. The Morgan fingerprint density at radius 3 is 3.05 bits per heavy atom. The maximum absolute atomic E-state index is 12.5. The van der Waals surface area contributed by atoms with Gasteiger partial charge in [-0.3, -0.25) is 9.59 Å². The van der Waals surface area contributed by atoms with Crippen LogP contribution in [0, 0.1) is 11.3 Å². The van der Waals surface area contributed by atoms with Crippen molar-refractivity contribution in [2.75, 3.05) is 13.6 Å². The van der Waals surface area contributed by atoms with E-state index in [0.29, 0.717) is 5.39 Å². The van der Waals surface area contributed by atoms with Crippen molar-refractivity contribution in [3.8, 4) is 6.07 Å². The maximum atomic E-state index is 12.5. The molecule has 0 atom stereocenters. The summed E-state index contributed by atoms with van der Waals surface area (Å²) >= 11 is 0. The van der Waals surface area contributed by atoms with Gasteiger partial charge in [0.05, 0.1) is 11.6 Å². The second-order valence-electron chi connectivity index (χ2n) is 4.95. The van der Waals surface area contributed by atoms with Crippen LogP contribution in [0.4, 0.5) is 0 Å². The number of rotatable bonds is 2. The lowest BCUT2D eigenvalue weighted by Gasteiger charge is -2.14. The van der Waals surface area contributed by atoms with Gasteiger partial charge in [0.25, 0.3) is 5.91 Å². The number of benzene rings is 1. The Balaban J connectivity index is 2.22. The van der Waals surface area contributed by atoms with E-state index in [1.54, 1.807) is 12.3 Å². The van der Waals surface area contributed by atoms with E-state index in [2.05, 4.69) is 0 Å². The highest BCUT2D eigenvalue weighted by atomic mass is 16.2. The number of hydrogen-bond acceptors (Lipinski definition) is 3. The lowest BCUT2D eigenvalue weighted by molar-refractivity contribution is 0.0810. The third-order valence-corrected chi connectivity index (χ3v) is 3.69. The van der Waals surface area contributed by atoms with Crippen LogP contribution in [0.25, 0.3) is 10.9 Å². The van der Waals surface area contributed by atoms with Crippen molar-refractivity contribution in [3.63, 3.8) is 0 Å². The molecule has 1 aliphatic heterocycles. The van der Waals surface area contributed by atoms with Crippen molar-refractivity contribution in [3.05, 3.63) is 45.7 Å². The van der Waals surface area contributed by atoms with Crippen molar-refractivity contribution >= 4 is 16.8 Å². The molecule has 2 heterocycles. The lowest BCUT2D eigenvalue weighted by Crippen LogP contribution is -2.32. The third kappa shape index (κ3) is 1.69. The van der Waals surface area contributed by atoms with Gasteiger partial charge in [-0.2, -0.15) is 5.26 Å². The molecule has 0 fully saturated rings. The van der Waals surface area contributed by atoms with Crippen molar-refractivity contribution in [2.24, 2.45) is 0 Å². The number of aromatic nitrogens is 1. The fourth-order valence-corrected chi connectivity index (χ4v) is 2.69. The Kier molecular flexibility index (Phi) is 2.79. The Hall–Kier alpha value is -2.61. The Morgan fingerprint density at radius 2 is 2.30 bits per heavy atom. The van der Waals surface area contributed by atoms with E-state index in [1.807, 2.05) is 22.8 Å². The van der Waals surface area contributed by atoms with Crippen LogP contribution in [0.3, 0.4) is 0 Å². The van der Waals surface area contributed by atoms with Crippen molar-refractivity contribution in [1.29, 1.82) is 5.26 Å². The van der Waals surface area contributed by atoms with Gasteiger partial charge in [-0.15, -0.1) is 0 Å². The average molecular weight is 267 g/mol. The number of amides is 1. The number of hydrogen-bond donors (Lipinski definition) is 0. The molecule has 0 aliphatic carbocycles. The van der Waals surface area contributed by atoms with Crippen LogP contribution in [-0.4, -0.2) is 29.0 Å². The molecular formula is C15H13N3O2. The Labute approximate surface area is 115 Å². The summed E-state index contributed by atoms with van der Waals surface area (Å²) < 4.78 is 1.96. The topological polar surface area (TPSA) is 66.1 Å².